The Balaban J connectivity index is 2.07. The Labute approximate surface area is 95.3 Å². The first-order chi connectivity index (χ1) is 7.70. The summed E-state index contributed by atoms with van der Waals surface area (Å²) in [4.78, 5) is 19.8. The van der Waals surface area contributed by atoms with E-state index in [1.165, 1.54) is 16.2 Å². The van der Waals surface area contributed by atoms with E-state index in [0.717, 1.165) is 5.69 Å². The highest BCUT2D eigenvalue weighted by molar-refractivity contribution is 7.14. The lowest BCUT2D eigenvalue weighted by atomic mass is 10.3. The second-order valence-electron chi connectivity index (χ2n) is 3.30. The van der Waals surface area contributed by atoms with Crippen molar-refractivity contribution in [1.29, 1.82) is 0 Å². The van der Waals surface area contributed by atoms with E-state index >= 15 is 0 Å². The van der Waals surface area contributed by atoms with Crippen molar-refractivity contribution in [3.8, 4) is 0 Å². The van der Waals surface area contributed by atoms with Crippen LogP contribution in [0.5, 0.6) is 0 Å². The molecule has 0 radical (unpaired) electrons. The standard InChI is InChI=1S/C8H9N5O2S/c1-5-4-16-7(11-5)13-3-6(2-10-12-9)15-8(13)14/h4,6H,2-3H2,1H3/t6-/m0/s1. The number of aromatic nitrogens is 1. The molecule has 0 bridgehead atoms. The van der Waals surface area contributed by atoms with E-state index in [0.29, 0.717) is 11.7 Å². The molecule has 1 saturated heterocycles. The zero-order valence-electron chi connectivity index (χ0n) is 8.53. The molecular formula is C8H9N5O2S. The first-order valence-electron chi connectivity index (χ1n) is 4.62. The van der Waals surface area contributed by atoms with Crippen molar-refractivity contribution in [2.75, 3.05) is 18.0 Å². The van der Waals surface area contributed by atoms with Gasteiger partial charge in [-0.1, -0.05) is 5.11 Å². The minimum Gasteiger partial charge on any atom is -0.444 e. The number of carbonyl (C=O) groups excluding carboxylic acids is 1. The summed E-state index contributed by atoms with van der Waals surface area (Å²) in [5, 5.41) is 5.86. The molecule has 1 fully saturated rings. The first-order valence-corrected chi connectivity index (χ1v) is 5.50. The van der Waals surface area contributed by atoms with Gasteiger partial charge in [0.05, 0.1) is 18.8 Å². The van der Waals surface area contributed by atoms with Crippen molar-refractivity contribution >= 4 is 22.6 Å². The molecule has 7 nitrogen and oxygen atoms in total. The molecule has 0 saturated carbocycles. The second-order valence-corrected chi connectivity index (χ2v) is 4.14. The van der Waals surface area contributed by atoms with Gasteiger partial charge in [-0.15, -0.1) is 11.3 Å². The zero-order chi connectivity index (χ0) is 11.5. The van der Waals surface area contributed by atoms with Crippen LogP contribution in [-0.4, -0.2) is 30.3 Å². The number of anilines is 1. The van der Waals surface area contributed by atoms with E-state index in [1.807, 2.05) is 12.3 Å². The normalized spacial score (nSPS) is 19.4. The van der Waals surface area contributed by atoms with Crippen LogP contribution in [0.1, 0.15) is 5.69 Å². The maximum Gasteiger partial charge on any atom is 0.416 e. The predicted molar refractivity (Wildman–Crippen MR) is 58.5 cm³/mol. The number of thiazole rings is 1. The molecule has 0 N–H and O–H groups in total. The number of aryl methyl sites for hydroxylation is 1. The number of ether oxygens (including phenoxy) is 1. The fourth-order valence-corrected chi connectivity index (χ4v) is 2.17. The van der Waals surface area contributed by atoms with Crippen molar-refractivity contribution in [1.82, 2.24) is 4.98 Å². The number of amides is 1. The summed E-state index contributed by atoms with van der Waals surface area (Å²) in [6.45, 7) is 2.40. The van der Waals surface area contributed by atoms with Crippen molar-refractivity contribution < 1.29 is 9.53 Å². The molecule has 1 amide bonds. The molecule has 0 aliphatic carbocycles. The summed E-state index contributed by atoms with van der Waals surface area (Å²) < 4.78 is 5.03. The third-order valence-corrected chi connectivity index (χ3v) is 3.04. The fourth-order valence-electron chi connectivity index (χ4n) is 1.37. The topological polar surface area (TPSA) is 91.2 Å². The summed E-state index contributed by atoms with van der Waals surface area (Å²) in [6, 6.07) is 0. The van der Waals surface area contributed by atoms with Crippen LogP contribution in [0.2, 0.25) is 0 Å². The molecule has 0 aromatic carbocycles. The summed E-state index contributed by atoms with van der Waals surface area (Å²) in [6.07, 6.45) is -0.819. The van der Waals surface area contributed by atoms with E-state index in [9.17, 15) is 4.79 Å². The number of hydrogen-bond acceptors (Lipinski definition) is 5. The van der Waals surface area contributed by atoms with Crippen LogP contribution in [0.15, 0.2) is 10.5 Å². The number of nitrogens with zero attached hydrogens (tertiary/aromatic N) is 5. The van der Waals surface area contributed by atoms with Gasteiger partial charge < -0.3 is 4.74 Å². The predicted octanol–water partition coefficient (Wildman–Crippen LogP) is 2.09. The first kappa shape index (κ1) is 10.7. The molecule has 16 heavy (non-hydrogen) atoms. The lowest BCUT2D eigenvalue weighted by Gasteiger charge is -2.07. The van der Waals surface area contributed by atoms with Gasteiger partial charge in [0.1, 0.15) is 6.10 Å². The highest BCUT2D eigenvalue weighted by Gasteiger charge is 2.33. The number of hydrogen-bond donors (Lipinski definition) is 0. The SMILES string of the molecule is Cc1csc(N2C[C@H](CN=[N+]=[N-])OC2=O)n1. The molecule has 1 aliphatic heterocycles. The quantitative estimate of drug-likeness (QED) is 0.459. The Morgan fingerprint density at radius 2 is 2.69 bits per heavy atom. The van der Waals surface area contributed by atoms with Gasteiger partial charge in [0, 0.05) is 10.3 Å². The van der Waals surface area contributed by atoms with Gasteiger partial charge in [0.25, 0.3) is 0 Å². The Morgan fingerprint density at radius 1 is 1.88 bits per heavy atom. The summed E-state index contributed by atoms with van der Waals surface area (Å²) in [5.41, 5.74) is 9.04. The monoisotopic (exact) mass is 239 g/mol. The number of azide groups is 1. The molecule has 1 aromatic heterocycles. The van der Waals surface area contributed by atoms with Gasteiger partial charge in [-0.25, -0.2) is 14.7 Å². The number of carbonyl (C=O) groups is 1. The minimum absolute atomic E-state index is 0.156. The van der Waals surface area contributed by atoms with Crippen molar-refractivity contribution in [3.05, 3.63) is 21.5 Å². The van der Waals surface area contributed by atoms with Crippen LogP contribution >= 0.6 is 11.3 Å². The highest BCUT2D eigenvalue weighted by atomic mass is 32.1. The zero-order valence-corrected chi connectivity index (χ0v) is 9.35. The van der Waals surface area contributed by atoms with Crippen molar-refractivity contribution in [2.45, 2.75) is 13.0 Å². The van der Waals surface area contributed by atoms with Gasteiger partial charge in [0.2, 0.25) is 0 Å². The van der Waals surface area contributed by atoms with E-state index in [-0.39, 0.29) is 12.6 Å². The Morgan fingerprint density at radius 3 is 3.31 bits per heavy atom. The van der Waals surface area contributed by atoms with E-state index < -0.39 is 6.09 Å². The summed E-state index contributed by atoms with van der Waals surface area (Å²) in [5.74, 6) is 0. The van der Waals surface area contributed by atoms with Crippen LogP contribution in [0.3, 0.4) is 0 Å². The van der Waals surface area contributed by atoms with E-state index in [4.69, 9.17) is 10.3 Å². The highest BCUT2D eigenvalue weighted by Crippen LogP contribution is 2.25. The van der Waals surface area contributed by atoms with Crippen LogP contribution in [0.4, 0.5) is 9.93 Å². The van der Waals surface area contributed by atoms with Crippen LogP contribution in [0, 0.1) is 6.92 Å². The van der Waals surface area contributed by atoms with Crippen molar-refractivity contribution in [2.24, 2.45) is 5.11 Å². The smallest absolute Gasteiger partial charge is 0.416 e. The van der Waals surface area contributed by atoms with Crippen LogP contribution in [0.25, 0.3) is 10.4 Å². The fraction of sp³-hybridized carbons (Fsp3) is 0.500. The van der Waals surface area contributed by atoms with Gasteiger partial charge in [-0.2, -0.15) is 0 Å². The lowest BCUT2D eigenvalue weighted by Crippen LogP contribution is -2.24. The third kappa shape index (κ3) is 2.07. The van der Waals surface area contributed by atoms with Gasteiger partial charge in [0.15, 0.2) is 5.13 Å². The number of cyclic esters (lactones) is 1. The molecule has 0 unspecified atom stereocenters. The number of rotatable bonds is 3. The molecule has 0 spiro atoms. The molecule has 8 heteroatoms. The molecule has 1 aromatic rings. The van der Waals surface area contributed by atoms with Gasteiger partial charge in [-0.05, 0) is 12.5 Å². The lowest BCUT2D eigenvalue weighted by molar-refractivity contribution is 0.145. The third-order valence-electron chi connectivity index (χ3n) is 2.06. The molecule has 2 heterocycles. The maximum atomic E-state index is 11.5. The molecule has 1 aliphatic rings. The van der Waals surface area contributed by atoms with E-state index in [2.05, 4.69) is 15.0 Å². The Hall–Kier alpha value is -1.79. The minimum atomic E-state index is -0.438. The van der Waals surface area contributed by atoms with E-state index in [1.54, 1.807) is 0 Å². The Bertz CT molecular complexity index is 453. The average Bonchev–Trinajstić information content (AvgIpc) is 2.82. The largest absolute Gasteiger partial charge is 0.444 e. The van der Waals surface area contributed by atoms with Crippen LogP contribution < -0.4 is 4.90 Å². The average molecular weight is 239 g/mol. The summed E-state index contributed by atoms with van der Waals surface area (Å²) >= 11 is 1.39. The van der Waals surface area contributed by atoms with Gasteiger partial charge in [-0.3, -0.25) is 0 Å². The molecule has 1 atom stereocenters. The van der Waals surface area contributed by atoms with Gasteiger partial charge >= 0.3 is 6.09 Å². The maximum absolute atomic E-state index is 11.5. The second kappa shape index (κ2) is 4.38. The van der Waals surface area contributed by atoms with Crippen LogP contribution in [-0.2, 0) is 4.74 Å². The van der Waals surface area contributed by atoms with Crippen molar-refractivity contribution in [3.63, 3.8) is 0 Å². The molecule has 2 rings (SSSR count). The Kier molecular flexibility index (Phi) is 2.93. The summed E-state index contributed by atoms with van der Waals surface area (Å²) in [7, 11) is 0. The molecule has 84 valence electrons. The molecular weight excluding hydrogens is 230 g/mol.